The highest BCUT2D eigenvalue weighted by Gasteiger charge is 2.16. The summed E-state index contributed by atoms with van der Waals surface area (Å²) >= 11 is 0. The molecule has 0 aliphatic carbocycles. The average Bonchev–Trinajstić information content (AvgIpc) is 2.53. The predicted octanol–water partition coefficient (Wildman–Crippen LogP) is -0.256. The number of hydrogen-bond donors (Lipinski definition) is 0. The van der Waals surface area contributed by atoms with Gasteiger partial charge in [-0.3, -0.25) is 4.79 Å². The predicted molar refractivity (Wildman–Crippen MR) is 44.6 cm³/mol. The molecule has 1 heterocycles. The molecule has 2 radical (unpaired) electrons. The van der Waals surface area contributed by atoms with Gasteiger partial charge in [-0.05, 0) is 11.5 Å². The summed E-state index contributed by atoms with van der Waals surface area (Å²) in [7, 11) is 5.60. The van der Waals surface area contributed by atoms with Gasteiger partial charge in [-0.2, -0.15) is 0 Å². The van der Waals surface area contributed by atoms with Crippen LogP contribution in [0.5, 0.6) is 17.2 Å². The molecule has 0 bridgehead atoms. The molecule has 64 valence electrons. The average molecular weight is 176 g/mol. The maximum absolute atomic E-state index is 10.1. The number of carbonyl (C=O) groups is 1. The van der Waals surface area contributed by atoms with Crippen LogP contribution in [-0.2, 0) is 4.79 Å². The van der Waals surface area contributed by atoms with Crippen molar-refractivity contribution < 1.29 is 19.0 Å². The maximum Gasteiger partial charge on any atom is 0.298 e. The van der Waals surface area contributed by atoms with Crippen molar-refractivity contribution in [1.29, 1.82) is 0 Å². The van der Waals surface area contributed by atoms with E-state index in [-0.39, 0.29) is 6.79 Å². The lowest BCUT2D eigenvalue weighted by molar-refractivity contribution is -0.120. The Morgan fingerprint density at radius 2 is 2.31 bits per heavy atom. The SMILES string of the molecule is [B]c1cc(OC=O)cc2c1OCO2. The lowest BCUT2D eigenvalue weighted by atomic mass is 9.94. The van der Waals surface area contributed by atoms with Crippen LogP contribution >= 0.6 is 0 Å². The zero-order chi connectivity index (χ0) is 9.26. The van der Waals surface area contributed by atoms with Crippen molar-refractivity contribution in [3.05, 3.63) is 12.1 Å². The van der Waals surface area contributed by atoms with Crippen LogP contribution in [0.4, 0.5) is 0 Å². The molecule has 1 aliphatic rings. The van der Waals surface area contributed by atoms with E-state index in [0.29, 0.717) is 29.2 Å². The summed E-state index contributed by atoms with van der Waals surface area (Å²) < 4.78 is 14.8. The van der Waals surface area contributed by atoms with Crippen molar-refractivity contribution in [3.8, 4) is 17.2 Å². The third-order valence-electron chi connectivity index (χ3n) is 1.66. The van der Waals surface area contributed by atoms with Crippen molar-refractivity contribution in [2.75, 3.05) is 6.79 Å². The second-order valence-corrected chi connectivity index (χ2v) is 2.46. The lowest BCUT2D eigenvalue weighted by Gasteiger charge is -2.03. The quantitative estimate of drug-likeness (QED) is 0.460. The van der Waals surface area contributed by atoms with E-state index < -0.39 is 0 Å². The lowest BCUT2D eigenvalue weighted by Crippen LogP contribution is -2.06. The molecule has 0 saturated carbocycles. The molecular weight excluding hydrogens is 171 g/mol. The van der Waals surface area contributed by atoms with E-state index in [9.17, 15) is 4.79 Å². The summed E-state index contributed by atoms with van der Waals surface area (Å²) in [5, 5.41) is 0. The van der Waals surface area contributed by atoms with Crippen LogP contribution in [0.3, 0.4) is 0 Å². The highest BCUT2D eigenvalue weighted by Crippen LogP contribution is 2.32. The number of fused-ring (bicyclic) bond motifs is 1. The van der Waals surface area contributed by atoms with Crippen LogP contribution in [0.1, 0.15) is 0 Å². The monoisotopic (exact) mass is 176 g/mol. The van der Waals surface area contributed by atoms with E-state index in [4.69, 9.17) is 17.3 Å². The second kappa shape index (κ2) is 3.01. The number of ether oxygens (including phenoxy) is 3. The van der Waals surface area contributed by atoms with Crippen LogP contribution in [-0.4, -0.2) is 21.1 Å². The summed E-state index contributed by atoms with van der Waals surface area (Å²) in [5.74, 6) is 1.34. The molecule has 0 spiro atoms. The smallest absolute Gasteiger partial charge is 0.298 e. The molecule has 0 fully saturated rings. The minimum Gasteiger partial charge on any atom is -0.454 e. The molecule has 13 heavy (non-hydrogen) atoms. The van der Waals surface area contributed by atoms with Crippen molar-refractivity contribution >= 4 is 19.8 Å². The fourth-order valence-corrected chi connectivity index (χ4v) is 1.13. The Labute approximate surface area is 75.8 Å². The molecule has 1 aromatic rings. The Kier molecular flexibility index (Phi) is 1.85. The Hall–Kier alpha value is -1.65. The summed E-state index contributed by atoms with van der Waals surface area (Å²) in [6.45, 7) is 0.473. The molecular formula is C8H5BO4. The molecule has 0 N–H and O–H groups in total. The van der Waals surface area contributed by atoms with E-state index in [2.05, 4.69) is 4.74 Å². The van der Waals surface area contributed by atoms with E-state index in [1.165, 1.54) is 6.07 Å². The molecule has 1 aromatic carbocycles. The Balaban J connectivity index is 2.43. The second-order valence-electron chi connectivity index (χ2n) is 2.46. The zero-order valence-electron chi connectivity index (χ0n) is 6.65. The van der Waals surface area contributed by atoms with Gasteiger partial charge in [0, 0.05) is 6.07 Å². The van der Waals surface area contributed by atoms with Crippen LogP contribution in [0.2, 0.25) is 0 Å². The van der Waals surface area contributed by atoms with Crippen LogP contribution in [0.25, 0.3) is 0 Å². The summed E-state index contributed by atoms with van der Waals surface area (Å²) in [6, 6.07) is 3.05. The minimum absolute atomic E-state index is 0.143. The first kappa shape index (κ1) is 7.98. The van der Waals surface area contributed by atoms with Gasteiger partial charge in [0.15, 0.2) is 11.5 Å². The molecule has 0 amide bonds. The van der Waals surface area contributed by atoms with Gasteiger partial charge in [0.05, 0.1) is 0 Å². The standard InChI is InChI=1S/C8H5BO4/c9-6-1-5(11-3-10)2-7-8(6)13-4-12-7/h1-3H,4H2. The molecule has 0 saturated heterocycles. The fourth-order valence-electron chi connectivity index (χ4n) is 1.13. The van der Waals surface area contributed by atoms with Crippen LogP contribution in [0, 0.1) is 0 Å². The number of rotatable bonds is 2. The van der Waals surface area contributed by atoms with Gasteiger partial charge in [0.1, 0.15) is 13.6 Å². The van der Waals surface area contributed by atoms with Gasteiger partial charge in [-0.1, -0.05) is 0 Å². The fraction of sp³-hybridized carbons (Fsp3) is 0.125. The Morgan fingerprint density at radius 1 is 1.46 bits per heavy atom. The van der Waals surface area contributed by atoms with Gasteiger partial charge in [-0.25, -0.2) is 0 Å². The van der Waals surface area contributed by atoms with Crippen LogP contribution in [0.15, 0.2) is 12.1 Å². The highest BCUT2D eigenvalue weighted by molar-refractivity contribution is 6.34. The van der Waals surface area contributed by atoms with E-state index in [1.807, 2.05) is 0 Å². The molecule has 0 aromatic heterocycles. The Bertz CT molecular complexity index is 350. The molecule has 1 aliphatic heterocycles. The maximum atomic E-state index is 10.1. The molecule has 4 nitrogen and oxygen atoms in total. The highest BCUT2D eigenvalue weighted by atomic mass is 16.7. The van der Waals surface area contributed by atoms with Gasteiger partial charge in [0.2, 0.25) is 6.79 Å². The molecule has 5 heteroatoms. The molecule has 2 rings (SSSR count). The van der Waals surface area contributed by atoms with E-state index >= 15 is 0 Å². The minimum atomic E-state index is 0.143. The van der Waals surface area contributed by atoms with Crippen LogP contribution < -0.4 is 19.7 Å². The summed E-state index contributed by atoms with van der Waals surface area (Å²) in [4.78, 5) is 10.1. The van der Waals surface area contributed by atoms with Gasteiger partial charge >= 0.3 is 0 Å². The summed E-state index contributed by atoms with van der Waals surface area (Å²) in [6.07, 6.45) is 0. The van der Waals surface area contributed by atoms with Crippen molar-refractivity contribution in [1.82, 2.24) is 0 Å². The van der Waals surface area contributed by atoms with Gasteiger partial charge in [-0.15, -0.1) is 0 Å². The molecule has 0 atom stereocenters. The topological polar surface area (TPSA) is 44.8 Å². The first-order valence-electron chi connectivity index (χ1n) is 3.60. The normalized spacial score (nSPS) is 12.6. The Morgan fingerprint density at radius 3 is 3.08 bits per heavy atom. The first-order valence-corrected chi connectivity index (χ1v) is 3.60. The van der Waals surface area contributed by atoms with E-state index in [1.54, 1.807) is 6.07 Å². The van der Waals surface area contributed by atoms with Crippen molar-refractivity contribution in [2.45, 2.75) is 0 Å². The zero-order valence-corrected chi connectivity index (χ0v) is 6.65. The van der Waals surface area contributed by atoms with Crippen molar-refractivity contribution in [3.63, 3.8) is 0 Å². The van der Waals surface area contributed by atoms with Gasteiger partial charge < -0.3 is 14.2 Å². The van der Waals surface area contributed by atoms with Crippen molar-refractivity contribution in [2.24, 2.45) is 0 Å². The van der Waals surface area contributed by atoms with E-state index in [0.717, 1.165) is 0 Å². The third-order valence-corrected chi connectivity index (χ3v) is 1.66. The number of hydrogen-bond acceptors (Lipinski definition) is 4. The third kappa shape index (κ3) is 1.33. The van der Waals surface area contributed by atoms with Gasteiger partial charge in [0.25, 0.3) is 6.47 Å². The first-order chi connectivity index (χ1) is 6.31. The molecule has 0 unspecified atom stereocenters. The summed E-state index contributed by atoms with van der Waals surface area (Å²) in [5.41, 5.74) is 0.395. The number of carbonyl (C=O) groups excluding carboxylic acids is 1. The number of benzene rings is 1. The largest absolute Gasteiger partial charge is 0.454 e.